The van der Waals surface area contributed by atoms with Gasteiger partial charge in [-0.3, -0.25) is 4.79 Å². The van der Waals surface area contributed by atoms with Crippen LogP contribution in [0.1, 0.15) is 27.4 Å². The van der Waals surface area contributed by atoms with Crippen molar-refractivity contribution in [3.8, 4) is 0 Å². The summed E-state index contributed by atoms with van der Waals surface area (Å²) in [4.78, 5) is 14.4. The van der Waals surface area contributed by atoms with Crippen LogP contribution in [0.4, 0.5) is 4.39 Å². The van der Waals surface area contributed by atoms with Crippen molar-refractivity contribution in [3.63, 3.8) is 0 Å². The van der Waals surface area contributed by atoms with E-state index >= 15 is 0 Å². The van der Waals surface area contributed by atoms with Gasteiger partial charge in [-0.2, -0.15) is 0 Å². The van der Waals surface area contributed by atoms with E-state index < -0.39 is 5.82 Å². The Morgan fingerprint density at radius 1 is 1.22 bits per heavy atom. The van der Waals surface area contributed by atoms with E-state index in [1.165, 1.54) is 11.6 Å². The fourth-order valence-electron chi connectivity index (χ4n) is 3.33. The minimum atomic E-state index is -0.465. The predicted molar refractivity (Wildman–Crippen MR) is 88.8 cm³/mol. The van der Waals surface area contributed by atoms with Gasteiger partial charge in [-0.15, -0.1) is 0 Å². The maximum Gasteiger partial charge on any atom is 0.256 e. The molecule has 1 aliphatic heterocycles. The third-order valence-electron chi connectivity index (χ3n) is 4.61. The number of carbonyl (C=O) groups excluding carboxylic acids is 1. The molecule has 0 bridgehead atoms. The van der Waals surface area contributed by atoms with Crippen LogP contribution in [-0.4, -0.2) is 30.4 Å². The van der Waals surface area contributed by atoms with Crippen molar-refractivity contribution >= 4 is 5.91 Å². The number of aryl methyl sites for hydroxylation is 1. The van der Waals surface area contributed by atoms with Gasteiger partial charge in [-0.1, -0.05) is 42.0 Å². The summed E-state index contributed by atoms with van der Waals surface area (Å²) in [6.45, 7) is 3.52. The van der Waals surface area contributed by atoms with E-state index in [9.17, 15) is 9.18 Å². The Morgan fingerprint density at radius 3 is 2.65 bits per heavy atom. The molecule has 0 saturated carbocycles. The minimum absolute atomic E-state index is 0.148. The lowest BCUT2D eigenvalue weighted by Crippen LogP contribution is -2.30. The molecule has 3 rings (SSSR count). The Kier molecular flexibility index (Phi) is 4.44. The maximum absolute atomic E-state index is 14.0. The lowest BCUT2D eigenvalue weighted by molar-refractivity contribution is 0.0781. The van der Waals surface area contributed by atoms with Crippen molar-refractivity contribution in [1.82, 2.24) is 4.90 Å². The van der Waals surface area contributed by atoms with Gasteiger partial charge in [-0.05, 0) is 37.1 Å². The molecule has 4 heteroatoms. The van der Waals surface area contributed by atoms with Gasteiger partial charge >= 0.3 is 0 Å². The van der Waals surface area contributed by atoms with Crippen LogP contribution in [0.25, 0.3) is 0 Å². The number of hydrogen-bond acceptors (Lipinski definition) is 2. The van der Waals surface area contributed by atoms with Crippen molar-refractivity contribution in [1.29, 1.82) is 0 Å². The Balaban J connectivity index is 1.84. The second kappa shape index (κ2) is 6.50. The third kappa shape index (κ3) is 3.13. The molecular formula is C19H21FN2O. The average Bonchev–Trinajstić information content (AvgIpc) is 3.01. The first-order valence-corrected chi connectivity index (χ1v) is 7.90. The van der Waals surface area contributed by atoms with Crippen LogP contribution in [0.2, 0.25) is 0 Å². The van der Waals surface area contributed by atoms with Crippen LogP contribution < -0.4 is 5.73 Å². The molecule has 2 aromatic rings. The first-order valence-electron chi connectivity index (χ1n) is 7.90. The van der Waals surface area contributed by atoms with Gasteiger partial charge in [-0.25, -0.2) is 4.39 Å². The van der Waals surface area contributed by atoms with Gasteiger partial charge in [0, 0.05) is 19.0 Å². The zero-order valence-corrected chi connectivity index (χ0v) is 13.2. The lowest BCUT2D eigenvalue weighted by atomic mass is 9.89. The normalized spacial score (nSPS) is 20.7. The van der Waals surface area contributed by atoms with Gasteiger partial charge in [0.15, 0.2) is 0 Å². The van der Waals surface area contributed by atoms with Crippen LogP contribution in [0.5, 0.6) is 0 Å². The fourth-order valence-corrected chi connectivity index (χ4v) is 3.33. The summed E-state index contributed by atoms with van der Waals surface area (Å²) in [5, 5.41) is 0. The number of rotatable bonds is 3. The molecule has 0 aliphatic carbocycles. The minimum Gasteiger partial charge on any atom is -0.338 e. The number of likely N-dealkylation sites (tertiary alicyclic amines) is 1. The molecule has 2 atom stereocenters. The summed E-state index contributed by atoms with van der Waals surface area (Å²) in [6, 6.07) is 14.7. The lowest BCUT2D eigenvalue weighted by Gasteiger charge is -2.17. The molecule has 3 nitrogen and oxygen atoms in total. The zero-order chi connectivity index (χ0) is 16.4. The van der Waals surface area contributed by atoms with Crippen molar-refractivity contribution in [2.45, 2.75) is 12.8 Å². The highest BCUT2D eigenvalue weighted by molar-refractivity contribution is 5.95. The zero-order valence-electron chi connectivity index (χ0n) is 13.2. The molecule has 0 aromatic heterocycles. The molecule has 1 heterocycles. The molecule has 120 valence electrons. The Labute approximate surface area is 135 Å². The highest BCUT2D eigenvalue weighted by Crippen LogP contribution is 2.33. The highest BCUT2D eigenvalue weighted by Gasteiger charge is 2.36. The van der Waals surface area contributed by atoms with Crippen molar-refractivity contribution in [2.24, 2.45) is 11.7 Å². The topological polar surface area (TPSA) is 46.3 Å². The summed E-state index contributed by atoms with van der Waals surface area (Å²) in [6.07, 6.45) is 0. The second-order valence-corrected chi connectivity index (χ2v) is 6.21. The van der Waals surface area contributed by atoms with E-state index in [0.717, 1.165) is 5.56 Å². The van der Waals surface area contributed by atoms with E-state index in [0.29, 0.717) is 19.6 Å². The van der Waals surface area contributed by atoms with Crippen molar-refractivity contribution in [3.05, 3.63) is 71.0 Å². The van der Waals surface area contributed by atoms with Gasteiger partial charge in [0.05, 0.1) is 5.56 Å². The van der Waals surface area contributed by atoms with Gasteiger partial charge in [0.25, 0.3) is 5.91 Å². The standard InChI is InChI=1S/C19H21FN2O/c1-13-7-8-18(20)16(9-13)19(23)22-11-15(10-21)17(12-22)14-5-3-2-4-6-14/h2-9,15,17H,10-12,21H2,1H3/t15-,17+/m1/s1. The van der Waals surface area contributed by atoms with Gasteiger partial charge in [0.2, 0.25) is 0 Å². The molecule has 1 saturated heterocycles. The van der Waals surface area contributed by atoms with Gasteiger partial charge < -0.3 is 10.6 Å². The van der Waals surface area contributed by atoms with Crippen LogP contribution in [0.15, 0.2) is 48.5 Å². The molecule has 1 amide bonds. The maximum atomic E-state index is 14.0. The average molecular weight is 312 g/mol. The highest BCUT2D eigenvalue weighted by atomic mass is 19.1. The number of nitrogens with two attached hydrogens (primary N) is 1. The number of nitrogens with zero attached hydrogens (tertiary/aromatic N) is 1. The Hall–Kier alpha value is -2.20. The summed E-state index contributed by atoms with van der Waals surface area (Å²) in [5.41, 5.74) is 8.11. The van der Waals surface area contributed by atoms with Crippen LogP contribution in [-0.2, 0) is 0 Å². The quantitative estimate of drug-likeness (QED) is 0.947. The molecule has 23 heavy (non-hydrogen) atoms. The van der Waals surface area contributed by atoms with E-state index in [1.807, 2.05) is 25.1 Å². The second-order valence-electron chi connectivity index (χ2n) is 6.21. The molecule has 0 unspecified atom stereocenters. The van der Waals surface area contributed by atoms with Crippen LogP contribution in [0, 0.1) is 18.7 Å². The summed E-state index contributed by atoms with van der Waals surface area (Å²) in [7, 11) is 0. The third-order valence-corrected chi connectivity index (χ3v) is 4.61. The molecule has 1 aliphatic rings. The monoisotopic (exact) mass is 312 g/mol. The molecule has 2 aromatic carbocycles. The SMILES string of the molecule is Cc1ccc(F)c(C(=O)N2C[C@@H](CN)[C@H](c3ccccc3)C2)c1. The number of carbonyl (C=O) groups is 1. The Bertz CT molecular complexity index is 702. The van der Waals surface area contributed by atoms with Crippen molar-refractivity contribution in [2.75, 3.05) is 19.6 Å². The van der Waals surface area contributed by atoms with Crippen LogP contribution >= 0.6 is 0 Å². The smallest absolute Gasteiger partial charge is 0.256 e. The van der Waals surface area contributed by atoms with Crippen LogP contribution in [0.3, 0.4) is 0 Å². The molecule has 2 N–H and O–H groups in total. The summed E-state index contributed by atoms with van der Waals surface area (Å²) in [5.74, 6) is -0.302. The largest absolute Gasteiger partial charge is 0.338 e. The van der Waals surface area contributed by atoms with Crippen molar-refractivity contribution < 1.29 is 9.18 Å². The van der Waals surface area contributed by atoms with E-state index in [4.69, 9.17) is 5.73 Å². The summed E-state index contributed by atoms with van der Waals surface area (Å²) >= 11 is 0. The first kappa shape index (κ1) is 15.7. The number of hydrogen-bond donors (Lipinski definition) is 1. The molecule has 0 spiro atoms. The number of amides is 1. The van der Waals surface area contributed by atoms with E-state index in [2.05, 4.69) is 12.1 Å². The molecular weight excluding hydrogens is 291 g/mol. The Morgan fingerprint density at radius 2 is 1.96 bits per heavy atom. The molecule has 1 fully saturated rings. The fraction of sp³-hybridized carbons (Fsp3) is 0.316. The number of benzene rings is 2. The number of halogens is 1. The van der Waals surface area contributed by atoms with Gasteiger partial charge in [0.1, 0.15) is 5.82 Å². The molecule has 0 radical (unpaired) electrons. The van der Waals surface area contributed by atoms with E-state index in [-0.39, 0.29) is 23.3 Å². The first-order chi connectivity index (χ1) is 11.1. The summed E-state index contributed by atoms with van der Waals surface area (Å²) < 4.78 is 14.0. The predicted octanol–water partition coefficient (Wildman–Crippen LogP) is 2.95. The van der Waals surface area contributed by atoms with E-state index in [1.54, 1.807) is 17.0 Å².